The van der Waals surface area contributed by atoms with Gasteiger partial charge in [0.15, 0.2) is 0 Å². The topological polar surface area (TPSA) is 59.0 Å². The Bertz CT molecular complexity index is 396. The second-order valence-electron chi connectivity index (χ2n) is 7.92. The lowest BCUT2D eigenvalue weighted by Crippen LogP contribution is -2.62. The maximum absolute atomic E-state index is 11.9. The summed E-state index contributed by atoms with van der Waals surface area (Å²) in [5.41, 5.74) is -1.49. The molecule has 2 rings (SSSR count). The molecule has 0 radical (unpaired) electrons. The largest absolute Gasteiger partial charge is 0.465 e. The summed E-state index contributed by atoms with van der Waals surface area (Å²) < 4.78 is 11.5. The van der Waals surface area contributed by atoms with Crippen LogP contribution in [0.2, 0.25) is 0 Å². The standard InChI is InChI=1S/C16H29NO4/c1-14(2,3)16(9-12-7-6-8-20-10-12)11-21-15(4,5)17(16)13(18)19/h12H,6-11H2,1-5H3,(H,18,19). The molecule has 1 N–H and O–H groups in total. The molecular weight excluding hydrogens is 270 g/mol. The van der Waals surface area contributed by atoms with E-state index in [9.17, 15) is 9.90 Å². The van der Waals surface area contributed by atoms with Gasteiger partial charge in [-0.25, -0.2) is 4.79 Å². The van der Waals surface area contributed by atoms with Gasteiger partial charge >= 0.3 is 6.09 Å². The number of nitrogens with zero attached hydrogens (tertiary/aromatic N) is 1. The Labute approximate surface area is 127 Å². The Morgan fingerprint density at radius 1 is 1.38 bits per heavy atom. The molecule has 2 aliphatic rings. The van der Waals surface area contributed by atoms with Gasteiger partial charge in [-0.3, -0.25) is 4.90 Å². The van der Waals surface area contributed by atoms with Crippen molar-refractivity contribution in [3.8, 4) is 0 Å². The highest BCUT2D eigenvalue weighted by molar-refractivity contribution is 5.68. The molecule has 0 aliphatic carbocycles. The number of rotatable bonds is 2. The van der Waals surface area contributed by atoms with E-state index in [0.29, 0.717) is 12.5 Å². The maximum atomic E-state index is 11.9. The molecular formula is C16H29NO4. The van der Waals surface area contributed by atoms with Crippen molar-refractivity contribution in [1.29, 1.82) is 0 Å². The zero-order valence-electron chi connectivity index (χ0n) is 13.9. The fourth-order valence-electron chi connectivity index (χ4n) is 3.81. The second-order valence-corrected chi connectivity index (χ2v) is 7.92. The lowest BCUT2D eigenvalue weighted by atomic mass is 9.67. The molecule has 5 nitrogen and oxygen atoms in total. The van der Waals surface area contributed by atoms with Crippen LogP contribution in [0, 0.1) is 11.3 Å². The molecule has 2 fully saturated rings. The molecule has 0 spiro atoms. The van der Waals surface area contributed by atoms with E-state index >= 15 is 0 Å². The molecule has 2 saturated heterocycles. The van der Waals surface area contributed by atoms with Crippen molar-refractivity contribution < 1.29 is 19.4 Å². The van der Waals surface area contributed by atoms with E-state index in [1.807, 2.05) is 13.8 Å². The van der Waals surface area contributed by atoms with E-state index in [-0.39, 0.29) is 5.41 Å². The summed E-state index contributed by atoms with van der Waals surface area (Å²) in [6, 6.07) is 0. The van der Waals surface area contributed by atoms with Crippen LogP contribution >= 0.6 is 0 Å². The summed E-state index contributed by atoms with van der Waals surface area (Å²) in [5, 5.41) is 9.79. The molecule has 0 aromatic heterocycles. The van der Waals surface area contributed by atoms with Crippen molar-refractivity contribution in [3.05, 3.63) is 0 Å². The first-order valence-electron chi connectivity index (χ1n) is 7.85. The highest BCUT2D eigenvalue weighted by atomic mass is 16.5. The number of hydrogen-bond acceptors (Lipinski definition) is 3. The molecule has 122 valence electrons. The predicted molar refractivity (Wildman–Crippen MR) is 80.2 cm³/mol. The molecule has 0 aromatic rings. The maximum Gasteiger partial charge on any atom is 0.410 e. The van der Waals surface area contributed by atoms with Crippen molar-refractivity contribution >= 4 is 6.09 Å². The number of amides is 1. The van der Waals surface area contributed by atoms with Crippen molar-refractivity contribution in [3.63, 3.8) is 0 Å². The molecule has 21 heavy (non-hydrogen) atoms. The van der Waals surface area contributed by atoms with Crippen LogP contribution in [-0.4, -0.2) is 47.2 Å². The molecule has 5 heteroatoms. The minimum absolute atomic E-state index is 0.198. The summed E-state index contributed by atoms with van der Waals surface area (Å²) in [6.07, 6.45) is 2.06. The van der Waals surface area contributed by atoms with E-state index in [4.69, 9.17) is 9.47 Å². The molecule has 0 bridgehead atoms. The van der Waals surface area contributed by atoms with E-state index in [1.165, 1.54) is 0 Å². The fourth-order valence-corrected chi connectivity index (χ4v) is 3.81. The lowest BCUT2D eigenvalue weighted by Gasteiger charge is -2.50. The second kappa shape index (κ2) is 5.43. The first kappa shape index (κ1) is 16.6. The Balaban J connectivity index is 2.35. The summed E-state index contributed by atoms with van der Waals surface area (Å²) in [6.45, 7) is 12.0. The summed E-state index contributed by atoms with van der Waals surface area (Å²) in [5.74, 6) is 0.400. The molecule has 0 saturated carbocycles. The van der Waals surface area contributed by atoms with Crippen LogP contribution in [0.4, 0.5) is 4.79 Å². The van der Waals surface area contributed by atoms with Gasteiger partial charge in [0.1, 0.15) is 5.72 Å². The minimum Gasteiger partial charge on any atom is -0.465 e. The summed E-state index contributed by atoms with van der Waals surface area (Å²) >= 11 is 0. The van der Waals surface area contributed by atoms with Gasteiger partial charge in [0.25, 0.3) is 0 Å². The van der Waals surface area contributed by atoms with Gasteiger partial charge in [0, 0.05) is 13.2 Å². The first-order chi connectivity index (χ1) is 9.60. The Hall–Kier alpha value is -0.810. The third kappa shape index (κ3) is 2.90. The third-order valence-electron chi connectivity index (χ3n) is 5.10. The quantitative estimate of drug-likeness (QED) is 0.849. The normalized spacial score (nSPS) is 33.2. The predicted octanol–water partition coefficient (Wildman–Crippen LogP) is 3.33. The summed E-state index contributed by atoms with van der Waals surface area (Å²) in [7, 11) is 0. The Morgan fingerprint density at radius 2 is 2.05 bits per heavy atom. The first-order valence-corrected chi connectivity index (χ1v) is 7.85. The average molecular weight is 299 g/mol. The summed E-state index contributed by atoms with van der Waals surface area (Å²) in [4.78, 5) is 13.5. The van der Waals surface area contributed by atoms with E-state index in [2.05, 4.69) is 20.8 Å². The number of ether oxygens (including phenoxy) is 2. The molecule has 0 aromatic carbocycles. The van der Waals surface area contributed by atoms with E-state index < -0.39 is 17.4 Å². The zero-order valence-corrected chi connectivity index (χ0v) is 13.9. The minimum atomic E-state index is -0.899. The smallest absolute Gasteiger partial charge is 0.410 e. The monoisotopic (exact) mass is 299 g/mol. The van der Waals surface area contributed by atoms with Crippen LogP contribution in [0.1, 0.15) is 53.9 Å². The molecule has 1 amide bonds. The molecule has 2 heterocycles. The van der Waals surface area contributed by atoms with Gasteiger partial charge in [0.05, 0.1) is 12.1 Å². The molecule has 2 unspecified atom stereocenters. The van der Waals surface area contributed by atoms with Gasteiger partial charge in [0.2, 0.25) is 0 Å². The van der Waals surface area contributed by atoms with Crippen LogP contribution in [0.25, 0.3) is 0 Å². The van der Waals surface area contributed by atoms with Crippen molar-refractivity contribution in [2.24, 2.45) is 11.3 Å². The fraction of sp³-hybridized carbons (Fsp3) is 0.938. The van der Waals surface area contributed by atoms with Gasteiger partial charge in [-0.2, -0.15) is 0 Å². The highest BCUT2D eigenvalue weighted by Crippen LogP contribution is 2.49. The van der Waals surface area contributed by atoms with E-state index in [1.54, 1.807) is 4.90 Å². The Kier molecular flexibility index (Phi) is 4.28. The highest BCUT2D eigenvalue weighted by Gasteiger charge is 2.60. The molecule has 2 aliphatic heterocycles. The lowest BCUT2D eigenvalue weighted by molar-refractivity contribution is -0.0659. The zero-order chi connectivity index (χ0) is 15.9. The van der Waals surface area contributed by atoms with Crippen molar-refractivity contribution in [2.75, 3.05) is 19.8 Å². The van der Waals surface area contributed by atoms with E-state index in [0.717, 1.165) is 32.5 Å². The van der Waals surface area contributed by atoms with Crippen LogP contribution in [0.15, 0.2) is 0 Å². The number of hydrogen-bond donors (Lipinski definition) is 1. The van der Waals surface area contributed by atoms with Gasteiger partial charge in [-0.05, 0) is 44.4 Å². The van der Waals surface area contributed by atoms with Crippen LogP contribution in [0.5, 0.6) is 0 Å². The van der Waals surface area contributed by atoms with Crippen LogP contribution < -0.4 is 0 Å². The third-order valence-corrected chi connectivity index (χ3v) is 5.10. The van der Waals surface area contributed by atoms with Crippen molar-refractivity contribution in [2.45, 2.75) is 65.1 Å². The number of carbonyl (C=O) groups is 1. The van der Waals surface area contributed by atoms with Crippen LogP contribution in [0.3, 0.4) is 0 Å². The van der Waals surface area contributed by atoms with Gasteiger partial charge in [-0.1, -0.05) is 20.8 Å². The SMILES string of the molecule is CC1(C)OCC(CC2CCCOC2)(C(C)(C)C)N1C(=O)O. The average Bonchev–Trinajstić information content (AvgIpc) is 2.62. The molecule has 2 atom stereocenters. The Morgan fingerprint density at radius 3 is 2.52 bits per heavy atom. The van der Waals surface area contributed by atoms with Crippen molar-refractivity contribution in [1.82, 2.24) is 4.90 Å². The van der Waals surface area contributed by atoms with Gasteiger partial charge < -0.3 is 14.6 Å². The van der Waals surface area contributed by atoms with Crippen LogP contribution in [-0.2, 0) is 9.47 Å². The number of carboxylic acid groups (broad SMARTS) is 1. The van der Waals surface area contributed by atoms with Gasteiger partial charge in [-0.15, -0.1) is 0 Å².